The van der Waals surface area contributed by atoms with Gasteiger partial charge in [-0.25, -0.2) is 4.39 Å². The summed E-state index contributed by atoms with van der Waals surface area (Å²) in [5.74, 6) is -0.241. The van der Waals surface area contributed by atoms with Crippen molar-refractivity contribution in [3.63, 3.8) is 0 Å². The van der Waals surface area contributed by atoms with E-state index in [-0.39, 0.29) is 11.9 Å². The molecule has 1 aliphatic carbocycles. The molecule has 0 saturated heterocycles. The first-order valence-corrected chi connectivity index (χ1v) is 7.24. The van der Waals surface area contributed by atoms with E-state index in [1.165, 1.54) is 11.6 Å². The van der Waals surface area contributed by atoms with Crippen molar-refractivity contribution in [1.29, 1.82) is 0 Å². The van der Waals surface area contributed by atoms with Gasteiger partial charge in [0, 0.05) is 24.5 Å². The lowest BCUT2D eigenvalue weighted by atomic mass is 9.93. The highest BCUT2D eigenvalue weighted by Gasteiger charge is 2.20. The van der Waals surface area contributed by atoms with E-state index in [1.807, 2.05) is 16.8 Å². The van der Waals surface area contributed by atoms with Gasteiger partial charge in [-0.2, -0.15) is 0 Å². The number of hydrogen-bond acceptors (Lipinski definition) is 1. The molecule has 1 atom stereocenters. The molecule has 19 heavy (non-hydrogen) atoms. The largest absolute Gasteiger partial charge is 0.388 e. The van der Waals surface area contributed by atoms with Crippen LogP contribution in [0.25, 0.3) is 0 Å². The molecular formula is C15H15BrFNO. The van der Waals surface area contributed by atoms with E-state index >= 15 is 0 Å². The lowest BCUT2D eigenvalue weighted by molar-refractivity contribution is 0.157. The summed E-state index contributed by atoms with van der Waals surface area (Å²) in [6.45, 7) is 0.609. The van der Waals surface area contributed by atoms with Crippen LogP contribution in [0, 0.1) is 5.82 Å². The number of aliphatic hydroxyl groups is 1. The summed E-state index contributed by atoms with van der Waals surface area (Å²) in [5.41, 5.74) is 3.15. The standard InChI is InChI=1S/C15H15BrFNO/c16-15-11(4-1-5-13(15)17)8-18-7-10-3-2-6-14(19)12(10)9-18/h1,4-5,7,9,14,19H,2-3,6,8H2. The summed E-state index contributed by atoms with van der Waals surface area (Å²) in [4.78, 5) is 0. The molecule has 0 aliphatic heterocycles. The predicted molar refractivity (Wildman–Crippen MR) is 75.5 cm³/mol. The average molecular weight is 324 g/mol. The monoisotopic (exact) mass is 323 g/mol. The van der Waals surface area contributed by atoms with E-state index in [0.717, 1.165) is 30.4 Å². The number of hydrogen-bond donors (Lipinski definition) is 1. The van der Waals surface area contributed by atoms with Crippen LogP contribution in [0.5, 0.6) is 0 Å². The van der Waals surface area contributed by atoms with Gasteiger partial charge in [-0.1, -0.05) is 12.1 Å². The lowest BCUT2D eigenvalue weighted by Crippen LogP contribution is -2.05. The van der Waals surface area contributed by atoms with Crippen LogP contribution in [0.2, 0.25) is 0 Å². The van der Waals surface area contributed by atoms with Gasteiger partial charge in [0.25, 0.3) is 0 Å². The Labute approximate surface area is 120 Å². The van der Waals surface area contributed by atoms with Crippen molar-refractivity contribution in [1.82, 2.24) is 4.57 Å². The number of benzene rings is 1. The molecule has 0 radical (unpaired) electrons. The average Bonchev–Trinajstić information content (AvgIpc) is 2.79. The fourth-order valence-electron chi connectivity index (χ4n) is 2.68. The molecule has 1 unspecified atom stereocenters. The molecule has 2 aromatic rings. The van der Waals surface area contributed by atoms with E-state index in [1.54, 1.807) is 6.07 Å². The minimum atomic E-state index is -0.346. The Hall–Kier alpha value is -1.13. The van der Waals surface area contributed by atoms with Crippen LogP contribution in [0.3, 0.4) is 0 Å². The summed E-state index contributed by atoms with van der Waals surface area (Å²) in [6.07, 6.45) is 6.58. The molecule has 1 aromatic carbocycles. The Morgan fingerprint density at radius 2 is 2.21 bits per heavy atom. The molecule has 3 rings (SSSR count). The van der Waals surface area contributed by atoms with Crippen molar-refractivity contribution in [3.05, 3.63) is 57.6 Å². The number of aliphatic hydroxyl groups excluding tert-OH is 1. The van der Waals surface area contributed by atoms with E-state index in [0.29, 0.717) is 11.0 Å². The number of halogens is 2. The first-order chi connectivity index (χ1) is 9.15. The number of aryl methyl sites for hydroxylation is 1. The van der Waals surface area contributed by atoms with Crippen LogP contribution < -0.4 is 0 Å². The number of nitrogens with zero attached hydrogens (tertiary/aromatic N) is 1. The number of aromatic nitrogens is 1. The zero-order valence-corrected chi connectivity index (χ0v) is 12.0. The van der Waals surface area contributed by atoms with Gasteiger partial charge in [-0.3, -0.25) is 0 Å². The third-order valence-corrected chi connectivity index (χ3v) is 4.55. The van der Waals surface area contributed by atoms with Crippen LogP contribution >= 0.6 is 15.9 Å². The number of rotatable bonds is 2. The third kappa shape index (κ3) is 2.47. The second-order valence-electron chi connectivity index (χ2n) is 5.03. The normalized spacial score (nSPS) is 18.4. The van der Waals surface area contributed by atoms with Crippen molar-refractivity contribution in [2.24, 2.45) is 0 Å². The second kappa shape index (κ2) is 5.10. The zero-order chi connectivity index (χ0) is 13.4. The SMILES string of the molecule is OC1CCCc2cn(Cc3cccc(F)c3Br)cc21. The Morgan fingerprint density at radius 3 is 3.00 bits per heavy atom. The smallest absolute Gasteiger partial charge is 0.137 e. The second-order valence-corrected chi connectivity index (χ2v) is 5.83. The highest BCUT2D eigenvalue weighted by molar-refractivity contribution is 9.10. The summed E-state index contributed by atoms with van der Waals surface area (Å²) < 4.78 is 16.0. The molecule has 0 saturated carbocycles. The quantitative estimate of drug-likeness (QED) is 0.893. The summed E-state index contributed by atoms with van der Waals surface area (Å²) in [5, 5.41) is 9.96. The van der Waals surface area contributed by atoms with Gasteiger partial charge < -0.3 is 9.67 Å². The molecule has 0 spiro atoms. The molecule has 100 valence electrons. The molecule has 1 aliphatic rings. The summed E-state index contributed by atoms with van der Waals surface area (Å²) in [7, 11) is 0. The molecule has 1 aromatic heterocycles. The highest BCUT2D eigenvalue weighted by Crippen LogP contribution is 2.31. The van der Waals surface area contributed by atoms with Crippen molar-refractivity contribution in [2.45, 2.75) is 31.9 Å². The predicted octanol–water partition coefficient (Wildman–Crippen LogP) is 3.81. The zero-order valence-electron chi connectivity index (χ0n) is 10.4. The van der Waals surface area contributed by atoms with Gasteiger partial charge in [0.05, 0.1) is 10.6 Å². The maximum absolute atomic E-state index is 13.5. The molecular weight excluding hydrogens is 309 g/mol. The van der Waals surface area contributed by atoms with Crippen molar-refractivity contribution >= 4 is 15.9 Å². The first-order valence-electron chi connectivity index (χ1n) is 6.44. The molecule has 2 nitrogen and oxygen atoms in total. The summed E-state index contributed by atoms with van der Waals surface area (Å²) >= 11 is 3.28. The maximum atomic E-state index is 13.5. The van der Waals surface area contributed by atoms with Crippen LogP contribution in [-0.4, -0.2) is 9.67 Å². The van der Waals surface area contributed by atoms with Crippen LogP contribution in [0.1, 0.15) is 35.6 Å². The van der Waals surface area contributed by atoms with Crippen LogP contribution in [-0.2, 0) is 13.0 Å². The Morgan fingerprint density at radius 1 is 1.37 bits per heavy atom. The van der Waals surface area contributed by atoms with Gasteiger partial charge in [0.15, 0.2) is 0 Å². The lowest BCUT2D eigenvalue weighted by Gasteiger charge is -2.16. The molecule has 4 heteroatoms. The molecule has 0 amide bonds. The van der Waals surface area contributed by atoms with Crippen molar-refractivity contribution in [3.8, 4) is 0 Å². The topological polar surface area (TPSA) is 25.2 Å². The maximum Gasteiger partial charge on any atom is 0.137 e. The van der Waals surface area contributed by atoms with Crippen LogP contribution in [0.4, 0.5) is 4.39 Å². The van der Waals surface area contributed by atoms with Gasteiger partial charge >= 0.3 is 0 Å². The minimum Gasteiger partial charge on any atom is -0.388 e. The molecule has 0 fully saturated rings. The Balaban J connectivity index is 1.90. The first kappa shape index (κ1) is 12.9. The van der Waals surface area contributed by atoms with E-state index in [9.17, 15) is 9.50 Å². The minimum absolute atomic E-state index is 0.241. The molecule has 1 heterocycles. The fraction of sp³-hybridized carbons (Fsp3) is 0.333. The van der Waals surface area contributed by atoms with Crippen molar-refractivity contribution < 1.29 is 9.50 Å². The molecule has 1 N–H and O–H groups in total. The van der Waals surface area contributed by atoms with Gasteiger partial charge in [0.1, 0.15) is 5.82 Å². The van der Waals surface area contributed by atoms with Gasteiger partial charge in [-0.15, -0.1) is 0 Å². The molecule has 0 bridgehead atoms. The fourth-order valence-corrected chi connectivity index (χ4v) is 3.07. The van der Waals surface area contributed by atoms with Gasteiger partial charge in [-0.05, 0) is 52.4 Å². The third-order valence-electron chi connectivity index (χ3n) is 3.66. The van der Waals surface area contributed by atoms with Gasteiger partial charge in [0.2, 0.25) is 0 Å². The van der Waals surface area contributed by atoms with E-state index < -0.39 is 0 Å². The van der Waals surface area contributed by atoms with E-state index in [4.69, 9.17) is 0 Å². The summed E-state index contributed by atoms with van der Waals surface area (Å²) in [6, 6.07) is 5.06. The Kier molecular flexibility index (Phi) is 3.46. The highest BCUT2D eigenvalue weighted by atomic mass is 79.9. The van der Waals surface area contributed by atoms with Crippen LogP contribution in [0.15, 0.2) is 35.1 Å². The Bertz CT molecular complexity index is 608. The number of fused-ring (bicyclic) bond motifs is 1. The van der Waals surface area contributed by atoms with E-state index in [2.05, 4.69) is 22.1 Å². The van der Waals surface area contributed by atoms with Crippen molar-refractivity contribution in [2.75, 3.05) is 0 Å².